The highest BCUT2D eigenvalue weighted by molar-refractivity contribution is 6.08. The predicted molar refractivity (Wildman–Crippen MR) is 253 cm³/mol. The summed E-state index contributed by atoms with van der Waals surface area (Å²) in [5, 5.41) is 5.92. The first-order valence-corrected chi connectivity index (χ1v) is 21.6. The third-order valence-corrected chi connectivity index (χ3v) is 14.2. The summed E-state index contributed by atoms with van der Waals surface area (Å²) in [6, 6.07) is 59.2. The molecule has 4 aliphatic rings. The van der Waals surface area contributed by atoms with E-state index in [1.54, 1.807) is 0 Å². The molecule has 3 atom stereocenters. The normalized spacial score (nSPS) is 20.4. The Hall–Kier alpha value is -6.97. The summed E-state index contributed by atoms with van der Waals surface area (Å²) in [7, 11) is 0. The van der Waals surface area contributed by atoms with Gasteiger partial charge in [-0.05, 0) is 109 Å². The van der Waals surface area contributed by atoms with E-state index in [2.05, 4.69) is 197 Å². The molecule has 1 aliphatic heterocycles. The Labute approximate surface area is 357 Å². The van der Waals surface area contributed by atoms with Crippen LogP contribution in [0.1, 0.15) is 78.6 Å². The van der Waals surface area contributed by atoms with Crippen molar-refractivity contribution in [3.8, 4) is 22.3 Å². The van der Waals surface area contributed by atoms with Crippen molar-refractivity contribution in [2.75, 3.05) is 0 Å². The van der Waals surface area contributed by atoms with Crippen molar-refractivity contribution in [2.45, 2.75) is 50.5 Å². The fourth-order valence-electron chi connectivity index (χ4n) is 10.9. The van der Waals surface area contributed by atoms with Gasteiger partial charge in [-0.1, -0.05) is 173 Å². The van der Waals surface area contributed by atoms with E-state index in [0.29, 0.717) is 11.8 Å². The summed E-state index contributed by atoms with van der Waals surface area (Å²) in [4.78, 5) is 5.28. The molecule has 0 saturated carbocycles. The van der Waals surface area contributed by atoms with E-state index in [1.165, 1.54) is 55.7 Å². The van der Waals surface area contributed by atoms with Gasteiger partial charge in [0.25, 0.3) is 0 Å². The lowest BCUT2D eigenvalue weighted by molar-refractivity contribution is 0.393. The number of aliphatic imine (C=N–C) groups is 1. The molecule has 8 aromatic rings. The molecule has 0 saturated heterocycles. The van der Waals surface area contributed by atoms with Crippen LogP contribution in [0.15, 0.2) is 197 Å². The summed E-state index contributed by atoms with van der Waals surface area (Å²) in [5.41, 5.74) is 19.6. The minimum atomic E-state index is -0.181. The average molecular weight is 787 g/mol. The Morgan fingerprint density at radius 2 is 1.21 bits per heavy atom. The summed E-state index contributed by atoms with van der Waals surface area (Å²) < 4.78 is 6.30. The smallest absolute Gasteiger partial charge is 0.136 e. The molecule has 12 rings (SSSR count). The van der Waals surface area contributed by atoms with Gasteiger partial charge in [0.15, 0.2) is 0 Å². The van der Waals surface area contributed by atoms with E-state index < -0.39 is 0 Å². The van der Waals surface area contributed by atoms with Crippen LogP contribution >= 0.6 is 0 Å². The number of hydrogen-bond acceptors (Lipinski definition) is 3. The molecule has 2 heterocycles. The van der Waals surface area contributed by atoms with Gasteiger partial charge >= 0.3 is 0 Å². The van der Waals surface area contributed by atoms with Crippen molar-refractivity contribution in [3.63, 3.8) is 0 Å². The van der Waals surface area contributed by atoms with Crippen LogP contribution in [0.25, 0.3) is 55.5 Å². The van der Waals surface area contributed by atoms with E-state index in [0.717, 1.165) is 50.2 Å². The number of furan rings is 1. The van der Waals surface area contributed by atoms with Gasteiger partial charge in [0.05, 0.1) is 6.04 Å². The number of benzene rings is 7. The average Bonchev–Trinajstić information content (AvgIpc) is 3.87. The van der Waals surface area contributed by atoms with Gasteiger partial charge in [0.2, 0.25) is 0 Å². The zero-order valence-electron chi connectivity index (χ0n) is 34.9. The molecule has 3 aliphatic carbocycles. The molecule has 3 nitrogen and oxygen atoms in total. The SMILES string of the molecule is CC1(C)C2=CC3c4ccccc4C(C)(C)C3C=C2c2cc(-c3ccc(-c4cccc(C5C=C(c6ccc7c(c6)oc6ccccc67)NC(c6ccccc6)=N5)c4)cc3)ccc21. The lowest BCUT2D eigenvalue weighted by atomic mass is 9.70. The maximum atomic E-state index is 6.30. The van der Waals surface area contributed by atoms with Gasteiger partial charge in [0.1, 0.15) is 17.0 Å². The Morgan fingerprint density at radius 1 is 0.525 bits per heavy atom. The van der Waals surface area contributed by atoms with Gasteiger partial charge in [-0.25, -0.2) is 0 Å². The number of rotatable bonds is 5. The quantitative estimate of drug-likeness (QED) is 0.189. The van der Waals surface area contributed by atoms with E-state index >= 15 is 0 Å². The molecule has 0 radical (unpaired) electrons. The zero-order chi connectivity index (χ0) is 41.0. The van der Waals surface area contributed by atoms with Gasteiger partial charge in [-0.15, -0.1) is 0 Å². The number of nitrogens with zero attached hydrogens (tertiary/aromatic N) is 1. The molecule has 61 heavy (non-hydrogen) atoms. The second-order valence-electron chi connectivity index (χ2n) is 18.4. The fourth-order valence-corrected chi connectivity index (χ4v) is 10.9. The summed E-state index contributed by atoms with van der Waals surface area (Å²) >= 11 is 0. The lowest BCUT2D eigenvalue weighted by Gasteiger charge is -2.33. The Balaban J connectivity index is 0.864. The van der Waals surface area contributed by atoms with Crippen molar-refractivity contribution >= 4 is 39.0 Å². The fraction of sp³-hybridized carbons (Fsp3) is 0.155. The molecular formula is C58H46N2O. The van der Waals surface area contributed by atoms with Crippen LogP contribution in [-0.2, 0) is 10.8 Å². The van der Waals surface area contributed by atoms with Crippen LogP contribution in [0.4, 0.5) is 0 Å². The molecule has 0 fully saturated rings. The third kappa shape index (κ3) is 5.60. The first-order valence-electron chi connectivity index (χ1n) is 21.6. The first kappa shape index (κ1) is 35.9. The maximum Gasteiger partial charge on any atom is 0.136 e. The highest BCUT2D eigenvalue weighted by Crippen LogP contribution is 2.60. The number of amidine groups is 1. The second kappa shape index (κ2) is 13.3. The van der Waals surface area contributed by atoms with E-state index in [-0.39, 0.29) is 16.9 Å². The van der Waals surface area contributed by atoms with Gasteiger partial charge < -0.3 is 9.73 Å². The first-order chi connectivity index (χ1) is 29.7. The molecule has 3 unspecified atom stereocenters. The molecular weight excluding hydrogens is 741 g/mol. The highest BCUT2D eigenvalue weighted by atomic mass is 16.3. The third-order valence-electron chi connectivity index (χ3n) is 14.2. The van der Waals surface area contributed by atoms with Gasteiger partial charge in [-0.3, -0.25) is 4.99 Å². The number of nitrogens with one attached hydrogen (secondary N) is 1. The van der Waals surface area contributed by atoms with Crippen molar-refractivity contribution in [1.29, 1.82) is 0 Å². The molecule has 0 bridgehead atoms. The van der Waals surface area contributed by atoms with Crippen LogP contribution in [0.3, 0.4) is 0 Å². The molecule has 1 aromatic heterocycles. The van der Waals surface area contributed by atoms with Crippen molar-refractivity contribution in [3.05, 3.63) is 227 Å². The molecule has 0 amide bonds. The van der Waals surface area contributed by atoms with Gasteiger partial charge in [0, 0.05) is 38.9 Å². The minimum Gasteiger partial charge on any atom is -0.456 e. The number of allylic oxidation sites excluding steroid dienone is 4. The van der Waals surface area contributed by atoms with Gasteiger partial charge in [-0.2, -0.15) is 0 Å². The minimum absolute atomic E-state index is 0.0421. The van der Waals surface area contributed by atoms with Crippen LogP contribution in [0, 0.1) is 5.92 Å². The van der Waals surface area contributed by atoms with Crippen LogP contribution in [0.2, 0.25) is 0 Å². The van der Waals surface area contributed by atoms with E-state index in [1.807, 2.05) is 18.2 Å². The van der Waals surface area contributed by atoms with Crippen molar-refractivity contribution < 1.29 is 4.42 Å². The Bertz CT molecular complexity index is 3230. The lowest BCUT2D eigenvalue weighted by Crippen LogP contribution is -2.27. The largest absolute Gasteiger partial charge is 0.456 e. The number of para-hydroxylation sites is 1. The van der Waals surface area contributed by atoms with Crippen LogP contribution in [0.5, 0.6) is 0 Å². The number of hydrogen-bond donors (Lipinski definition) is 1. The highest BCUT2D eigenvalue weighted by Gasteiger charge is 2.49. The Morgan fingerprint density at radius 3 is 2.05 bits per heavy atom. The number of fused-ring (bicyclic) bond motifs is 9. The topological polar surface area (TPSA) is 37.5 Å². The summed E-state index contributed by atoms with van der Waals surface area (Å²) in [6.07, 6.45) is 7.48. The Kier molecular flexibility index (Phi) is 7.81. The van der Waals surface area contributed by atoms with Crippen molar-refractivity contribution in [2.24, 2.45) is 10.9 Å². The van der Waals surface area contributed by atoms with Crippen molar-refractivity contribution in [1.82, 2.24) is 5.32 Å². The van der Waals surface area contributed by atoms with Crippen LogP contribution in [-0.4, -0.2) is 5.84 Å². The monoisotopic (exact) mass is 786 g/mol. The second-order valence-corrected chi connectivity index (χ2v) is 18.4. The predicted octanol–water partition coefficient (Wildman–Crippen LogP) is 14.4. The van der Waals surface area contributed by atoms with E-state index in [4.69, 9.17) is 9.41 Å². The van der Waals surface area contributed by atoms with E-state index in [9.17, 15) is 0 Å². The molecule has 1 N–H and O–H groups in total. The molecule has 0 spiro atoms. The molecule has 3 heteroatoms. The zero-order valence-corrected chi connectivity index (χ0v) is 34.9. The summed E-state index contributed by atoms with van der Waals surface area (Å²) in [5.74, 6) is 1.72. The summed E-state index contributed by atoms with van der Waals surface area (Å²) in [6.45, 7) is 9.67. The van der Waals surface area contributed by atoms with Crippen LogP contribution < -0.4 is 5.32 Å². The molecule has 7 aromatic carbocycles. The standard InChI is InChI=1S/C58H46N2O/c1-57(2)48-19-10-8-17-42(48)46-32-51-47(33-50(46)57)45-30-39(26-28-49(45)58(51,3)4)36-23-21-35(22-24-36)38-15-12-16-40(29-38)52-34-53(60-56(59-52)37-13-6-5-7-14-37)41-25-27-44-43-18-9-11-20-54(43)61-55(44)31-41/h5-34,46,50,52H,1-4H3,(H,59,60). The maximum absolute atomic E-state index is 6.30. The molecule has 294 valence electrons.